The number of phenols is 1. The molecule has 4 aliphatic heterocycles. The molecule has 0 spiro atoms. The second-order valence-corrected chi connectivity index (χ2v) is 19.0. The summed E-state index contributed by atoms with van der Waals surface area (Å²) in [5.74, 6) is 0.0683. The highest BCUT2D eigenvalue weighted by molar-refractivity contribution is 7.51. The van der Waals surface area contributed by atoms with E-state index in [0.29, 0.717) is 31.2 Å². The van der Waals surface area contributed by atoms with E-state index in [9.17, 15) is 28.0 Å². The molecule has 6 heterocycles. The van der Waals surface area contributed by atoms with Gasteiger partial charge in [-0.15, -0.1) is 6.42 Å². The van der Waals surface area contributed by atoms with Crippen LogP contribution in [0.15, 0.2) is 59.5 Å². The Morgan fingerprint density at radius 3 is 2.58 bits per heavy atom. The highest BCUT2D eigenvalue weighted by Gasteiger charge is 2.52. The van der Waals surface area contributed by atoms with Crippen LogP contribution in [0.2, 0.25) is 0 Å². The predicted molar refractivity (Wildman–Crippen MR) is 238 cm³/mol. The third-order valence-corrected chi connectivity index (χ3v) is 15.1. The van der Waals surface area contributed by atoms with Crippen LogP contribution in [0, 0.1) is 24.0 Å². The number of nitrogens with one attached hydrogen (secondary N) is 1. The minimum atomic E-state index is -4.07. The molecule has 64 heavy (non-hydrogen) atoms. The molecule has 3 aromatic carbocycles. The Morgan fingerprint density at radius 1 is 1.09 bits per heavy atom. The lowest BCUT2D eigenvalue weighted by Crippen LogP contribution is -2.53. The number of aromatic hydroxyl groups is 1. The molecule has 0 radical (unpaired) electrons. The lowest BCUT2D eigenvalue weighted by Gasteiger charge is -2.43. The average Bonchev–Trinajstić information content (AvgIpc) is 3.88. The number of piperazine rings is 1. The molecule has 0 aliphatic carbocycles. The van der Waals surface area contributed by atoms with Gasteiger partial charge in [0.25, 0.3) is 0 Å². The van der Waals surface area contributed by atoms with Gasteiger partial charge < -0.3 is 24.3 Å². The first-order valence-corrected chi connectivity index (χ1v) is 23.3. The van der Waals surface area contributed by atoms with Crippen LogP contribution in [0.5, 0.6) is 11.5 Å². The minimum Gasteiger partial charge on any atom is -0.508 e. The van der Waals surface area contributed by atoms with E-state index >= 15 is 4.39 Å². The van der Waals surface area contributed by atoms with Gasteiger partial charge in [0.05, 0.1) is 30.2 Å². The van der Waals surface area contributed by atoms with Crippen LogP contribution < -0.4 is 15.1 Å². The summed E-state index contributed by atoms with van der Waals surface area (Å²) in [5.41, 5.74) is -1.01. The van der Waals surface area contributed by atoms with E-state index in [4.69, 9.17) is 20.2 Å². The largest absolute Gasteiger partial charge is 0.508 e. The number of aromatic amines is 1. The Bertz CT molecular complexity index is 2720. The maximum atomic E-state index is 16.6. The molecule has 13 nitrogen and oxygen atoms in total. The molecule has 4 fully saturated rings. The molecule has 3 unspecified atom stereocenters. The maximum absolute atomic E-state index is 16.6. The number of unbranched alkanes of at least 4 members (excludes halogenated alkanes) is 3. The van der Waals surface area contributed by atoms with Gasteiger partial charge in [0.1, 0.15) is 40.6 Å². The molecule has 2 N–H and O–H groups in total. The van der Waals surface area contributed by atoms with E-state index in [2.05, 4.69) is 39.6 Å². The number of fused-ring (bicyclic) bond motifs is 5. The first-order chi connectivity index (χ1) is 30.8. The first kappa shape index (κ1) is 45.1. The lowest BCUT2D eigenvalue weighted by molar-refractivity contribution is 0.0598. The fourth-order valence-electron chi connectivity index (χ4n) is 9.91. The van der Waals surface area contributed by atoms with E-state index in [-0.39, 0.29) is 93.3 Å². The average molecular weight is 901 g/mol. The van der Waals surface area contributed by atoms with Crippen molar-refractivity contribution in [2.75, 3.05) is 44.8 Å². The standard InChI is InChI=1S/C39H38F2N5O7P.C8H14FN/c1-4-6-7-10-17-52-54(50,53-32-12-9-8-11-28(32)38(48)51-3)46-24-14-15-25(46)22-45(21-24)37-30-20-42-35(34(41)36(30)43-39(49)44-37)29-19-26(47)18-23-13-16-31(40)27(5-2)33(23)29;1-8-3-2-4-10(8)6-7(9)5-8/h2,8-9,11-13,16,18-20,24-25,47H,4,6-7,10,14-15,17,21-22H2,1,3H3,(H,43,44,49);7H,2-6H2,1H3/t;7-,8+/m.1/s1. The third-order valence-electron chi connectivity index (χ3n) is 12.9. The van der Waals surface area contributed by atoms with Gasteiger partial charge >= 0.3 is 19.4 Å². The number of H-pyrrole nitrogens is 1. The fraction of sp³-hybridized carbons (Fsp3) is 0.447. The van der Waals surface area contributed by atoms with Crippen LogP contribution in [0.3, 0.4) is 0 Å². The number of carbonyl (C=O) groups is 1. The number of esters is 1. The normalized spacial score (nSPS) is 22.8. The van der Waals surface area contributed by atoms with Crippen molar-refractivity contribution >= 4 is 41.2 Å². The molecule has 2 bridgehead atoms. The number of aromatic nitrogens is 3. The van der Waals surface area contributed by atoms with Crippen LogP contribution in [-0.4, -0.2) is 99.3 Å². The van der Waals surface area contributed by atoms with Crippen LogP contribution in [0.4, 0.5) is 19.0 Å². The van der Waals surface area contributed by atoms with Gasteiger partial charge in [0.2, 0.25) is 0 Å². The summed E-state index contributed by atoms with van der Waals surface area (Å²) in [6.07, 6.45) is 14.5. The summed E-state index contributed by atoms with van der Waals surface area (Å²) in [6, 6.07) is 10.8. The van der Waals surface area contributed by atoms with Crippen molar-refractivity contribution < 1.29 is 41.4 Å². The number of alkyl halides is 1. The number of phenolic OH excluding ortho intramolecular Hbond substituents is 1. The highest BCUT2D eigenvalue weighted by atomic mass is 31.2. The molecule has 2 aromatic heterocycles. The molecule has 4 aliphatic rings. The number of hydrogen-bond acceptors (Lipinski definition) is 11. The molecule has 4 saturated heterocycles. The molecule has 338 valence electrons. The first-order valence-electron chi connectivity index (χ1n) is 21.8. The number of nitrogens with zero attached hydrogens (tertiary/aromatic N) is 5. The van der Waals surface area contributed by atoms with E-state index in [1.54, 1.807) is 22.9 Å². The number of terminal acetylenes is 1. The lowest BCUT2D eigenvalue weighted by atomic mass is 9.96. The van der Waals surface area contributed by atoms with Crippen molar-refractivity contribution in [3.8, 4) is 35.1 Å². The van der Waals surface area contributed by atoms with E-state index in [1.165, 1.54) is 56.5 Å². The van der Waals surface area contributed by atoms with Gasteiger partial charge in [-0.2, -0.15) is 9.65 Å². The number of halogens is 3. The van der Waals surface area contributed by atoms with Crippen molar-refractivity contribution in [3.63, 3.8) is 0 Å². The summed E-state index contributed by atoms with van der Waals surface area (Å²) >= 11 is 0. The van der Waals surface area contributed by atoms with Gasteiger partial charge in [-0.1, -0.05) is 50.3 Å². The van der Waals surface area contributed by atoms with Crippen molar-refractivity contribution in [2.45, 2.75) is 95.4 Å². The Labute approximate surface area is 369 Å². The summed E-state index contributed by atoms with van der Waals surface area (Å²) in [6.45, 7) is 6.74. The summed E-state index contributed by atoms with van der Waals surface area (Å²) < 4.78 is 78.2. The van der Waals surface area contributed by atoms with Crippen LogP contribution in [0.1, 0.15) is 87.6 Å². The Hall–Kier alpha value is -5.46. The van der Waals surface area contributed by atoms with Crippen LogP contribution in [0.25, 0.3) is 32.9 Å². The van der Waals surface area contributed by atoms with Gasteiger partial charge in [-0.25, -0.2) is 27.3 Å². The molecular formula is C47H52F3N6O7P. The zero-order chi connectivity index (χ0) is 45.3. The van der Waals surface area contributed by atoms with E-state index in [1.807, 2.05) is 4.90 Å². The van der Waals surface area contributed by atoms with Gasteiger partial charge in [-0.3, -0.25) is 14.4 Å². The Morgan fingerprint density at radius 2 is 1.86 bits per heavy atom. The number of methoxy groups -OCH3 is 1. The second kappa shape index (κ2) is 18.6. The number of anilines is 1. The molecule has 17 heteroatoms. The molecular weight excluding hydrogens is 849 g/mol. The molecule has 5 atom stereocenters. The zero-order valence-electron chi connectivity index (χ0n) is 36.1. The quantitative estimate of drug-likeness (QED) is 0.0533. The Balaban J connectivity index is 0.000000489. The second-order valence-electron chi connectivity index (χ2n) is 17.2. The highest BCUT2D eigenvalue weighted by Crippen LogP contribution is 2.59. The number of rotatable bonds is 12. The number of para-hydroxylation sites is 1. The van der Waals surface area contributed by atoms with Crippen molar-refractivity contribution in [1.29, 1.82) is 0 Å². The fourth-order valence-corrected chi connectivity index (χ4v) is 12.1. The number of pyridine rings is 1. The van der Waals surface area contributed by atoms with Gasteiger partial charge in [0.15, 0.2) is 5.82 Å². The number of carbonyl (C=O) groups excluding carboxylic acids is 1. The van der Waals surface area contributed by atoms with Crippen molar-refractivity contribution in [2.24, 2.45) is 0 Å². The Kier molecular flexibility index (Phi) is 13.1. The molecule has 9 rings (SSSR count). The molecule has 0 amide bonds. The summed E-state index contributed by atoms with van der Waals surface area (Å²) in [7, 11) is -2.82. The van der Waals surface area contributed by atoms with Crippen LogP contribution >= 0.6 is 7.75 Å². The summed E-state index contributed by atoms with van der Waals surface area (Å²) in [5, 5.41) is 11.2. The summed E-state index contributed by atoms with van der Waals surface area (Å²) in [4.78, 5) is 40.9. The van der Waals surface area contributed by atoms with Crippen molar-refractivity contribution in [3.05, 3.63) is 88.0 Å². The van der Waals surface area contributed by atoms with Gasteiger partial charge in [0, 0.05) is 54.4 Å². The van der Waals surface area contributed by atoms with Crippen molar-refractivity contribution in [1.82, 2.24) is 24.5 Å². The predicted octanol–water partition coefficient (Wildman–Crippen LogP) is 8.91. The van der Waals surface area contributed by atoms with E-state index in [0.717, 1.165) is 32.2 Å². The van der Waals surface area contributed by atoms with Gasteiger partial charge in [-0.05, 0) is 87.7 Å². The smallest absolute Gasteiger partial charge is 0.462 e. The molecule has 5 aromatic rings. The number of ether oxygens (including phenoxy) is 1. The number of hydrogen-bond donors (Lipinski definition) is 2. The minimum absolute atomic E-state index is 0.0435. The third kappa shape index (κ3) is 8.71. The monoisotopic (exact) mass is 900 g/mol. The van der Waals surface area contributed by atoms with E-state index < -0.39 is 37.2 Å². The van der Waals surface area contributed by atoms with Crippen LogP contribution in [-0.2, 0) is 13.8 Å². The maximum Gasteiger partial charge on any atom is 0.462 e. The SMILES string of the molecule is C#Cc1c(F)ccc2cc(O)cc(-c3ncc4c(N5CC6CCC(C5)N6P(=O)(OCCCCCC)Oc5ccccc5C(=O)OC)nc(=O)[nH]c4c3F)c12.C[C@@]12CCCN1C[C@H](F)C2. The number of benzene rings is 3. The zero-order valence-corrected chi connectivity index (χ0v) is 37.0. The molecule has 0 saturated carbocycles. The topological polar surface area (TPSA) is 150 Å².